The molecule has 0 radical (unpaired) electrons. The molecule has 0 aliphatic carbocycles. The normalized spacial score (nSPS) is 10.4. The topological polar surface area (TPSA) is 50.9 Å². The molecule has 0 atom stereocenters. The van der Waals surface area contributed by atoms with Crippen LogP contribution in [-0.2, 0) is 6.42 Å². The second-order valence-corrected chi connectivity index (χ2v) is 5.33. The van der Waals surface area contributed by atoms with Gasteiger partial charge in [0.1, 0.15) is 5.00 Å². The Morgan fingerprint density at radius 1 is 1.50 bits per heavy atom. The highest BCUT2D eigenvalue weighted by atomic mass is 79.9. The average molecular weight is 298 g/mol. The minimum Gasteiger partial charge on any atom is -0.389 e. The first-order valence-corrected chi connectivity index (χ1v) is 6.56. The first kappa shape index (κ1) is 11.4. The van der Waals surface area contributed by atoms with Crippen molar-refractivity contribution in [3.8, 4) is 0 Å². The maximum atomic E-state index is 5.64. The number of hydrogen-bond donors (Lipinski definition) is 2. The zero-order valence-electron chi connectivity index (χ0n) is 8.83. The molecule has 16 heavy (non-hydrogen) atoms. The molecule has 2 rings (SSSR count). The molecule has 3 N–H and O–H groups in total. The number of nitrogens with one attached hydrogen (secondary N) is 1. The van der Waals surface area contributed by atoms with E-state index in [9.17, 15) is 0 Å². The molecule has 0 fully saturated rings. The van der Waals surface area contributed by atoms with Crippen LogP contribution in [0.3, 0.4) is 0 Å². The third kappa shape index (κ3) is 2.54. The highest BCUT2D eigenvalue weighted by Crippen LogP contribution is 2.28. The number of thiazole rings is 1. The maximum Gasteiger partial charge on any atom is 0.189 e. The Morgan fingerprint density at radius 3 is 2.94 bits per heavy atom. The van der Waals surface area contributed by atoms with Crippen LogP contribution in [0.2, 0.25) is 0 Å². The summed E-state index contributed by atoms with van der Waals surface area (Å²) in [6.45, 7) is 2.13. The summed E-state index contributed by atoms with van der Waals surface area (Å²) in [6, 6.07) is 6.16. The number of nitrogens with zero attached hydrogens (tertiary/aromatic N) is 1. The van der Waals surface area contributed by atoms with E-state index in [1.165, 1.54) is 16.9 Å². The van der Waals surface area contributed by atoms with E-state index in [0.717, 1.165) is 26.7 Å². The number of anilines is 3. The van der Waals surface area contributed by atoms with E-state index in [1.54, 1.807) is 6.20 Å². The Kier molecular flexibility index (Phi) is 3.46. The molecular weight excluding hydrogens is 286 g/mol. The lowest BCUT2D eigenvalue weighted by atomic mass is 10.1. The lowest BCUT2D eigenvalue weighted by Gasteiger charge is -2.08. The van der Waals surface area contributed by atoms with E-state index >= 15 is 0 Å². The van der Waals surface area contributed by atoms with Gasteiger partial charge in [0, 0.05) is 10.2 Å². The van der Waals surface area contributed by atoms with Gasteiger partial charge in [-0.05, 0) is 30.2 Å². The van der Waals surface area contributed by atoms with Gasteiger partial charge in [-0.1, -0.05) is 34.2 Å². The van der Waals surface area contributed by atoms with Crippen molar-refractivity contribution >= 4 is 43.1 Å². The summed E-state index contributed by atoms with van der Waals surface area (Å²) in [4.78, 5) is 4.18. The number of nitrogen functional groups attached to an aromatic ring is 1. The number of aromatic nitrogens is 1. The molecule has 84 valence electrons. The fourth-order valence-corrected chi connectivity index (χ4v) is 2.44. The largest absolute Gasteiger partial charge is 0.389 e. The van der Waals surface area contributed by atoms with E-state index in [0.29, 0.717) is 0 Å². The van der Waals surface area contributed by atoms with Crippen LogP contribution in [-0.4, -0.2) is 4.98 Å². The SMILES string of the molecule is CCc1cc(Br)ccc1Nc1ncc(N)s1. The van der Waals surface area contributed by atoms with Crippen LogP contribution in [0.5, 0.6) is 0 Å². The van der Waals surface area contributed by atoms with E-state index in [4.69, 9.17) is 5.73 Å². The summed E-state index contributed by atoms with van der Waals surface area (Å²) in [5, 5.41) is 4.83. The lowest BCUT2D eigenvalue weighted by molar-refractivity contribution is 1.14. The quantitative estimate of drug-likeness (QED) is 0.906. The molecule has 3 nitrogen and oxygen atoms in total. The van der Waals surface area contributed by atoms with Crippen molar-refractivity contribution in [2.24, 2.45) is 0 Å². The Morgan fingerprint density at radius 2 is 2.31 bits per heavy atom. The molecule has 0 saturated heterocycles. The van der Waals surface area contributed by atoms with Crippen LogP contribution in [0.15, 0.2) is 28.9 Å². The predicted molar refractivity (Wildman–Crippen MR) is 73.3 cm³/mol. The average Bonchev–Trinajstić information content (AvgIpc) is 2.67. The van der Waals surface area contributed by atoms with E-state index in [1.807, 2.05) is 12.1 Å². The zero-order chi connectivity index (χ0) is 11.5. The molecule has 0 saturated carbocycles. The fraction of sp³-hybridized carbons (Fsp3) is 0.182. The van der Waals surface area contributed by atoms with Gasteiger partial charge in [-0.15, -0.1) is 0 Å². The number of benzene rings is 1. The van der Waals surface area contributed by atoms with Gasteiger partial charge in [0.2, 0.25) is 0 Å². The summed E-state index contributed by atoms with van der Waals surface area (Å²) in [5.41, 5.74) is 7.97. The van der Waals surface area contributed by atoms with Gasteiger partial charge >= 0.3 is 0 Å². The van der Waals surface area contributed by atoms with E-state index < -0.39 is 0 Å². The van der Waals surface area contributed by atoms with Crippen molar-refractivity contribution in [3.63, 3.8) is 0 Å². The monoisotopic (exact) mass is 297 g/mol. The Hall–Kier alpha value is -1.07. The van der Waals surface area contributed by atoms with Crippen molar-refractivity contribution in [1.29, 1.82) is 0 Å². The summed E-state index contributed by atoms with van der Waals surface area (Å²) in [6.07, 6.45) is 2.64. The molecule has 0 unspecified atom stereocenters. The maximum absolute atomic E-state index is 5.64. The third-order valence-electron chi connectivity index (χ3n) is 2.21. The third-order valence-corrected chi connectivity index (χ3v) is 3.45. The van der Waals surface area contributed by atoms with Gasteiger partial charge in [-0.2, -0.15) is 0 Å². The van der Waals surface area contributed by atoms with Gasteiger partial charge in [0.05, 0.1) is 6.20 Å². The molecule has 1 aromatic carbocycles. The summed E-state index contributed by atoms with van der Waals surface area (Å²) >= 11 is 4.92. The minimum absolute atomic E-state index is 0.720. The standard InChI is InChI=1S/C11H12BrN3S/c1-2-7-5-8(12)3-4-9(7)15-11-14-6-10(13)16-11/h3-6H,2,13H2,1H3,(H,14,15). The number of rotatable bonds is 3. The molecule has 1 aromatic heterocycles. The minimum atomic E-state index is 0.720. The Balaban J connectivity index is 2.27. The van der Waals surface area contributed by atoms with Gasteiger partial charge in [0.15, 0.2) is 5.13 Å². The highest BCUT2D eigenvalue weighted by molar-refractivity contribution is 9.10. The molecule has 0 aliphatic rings. The predicted octanol–water partition coefficient (Wildman–Crippen LogP) is 3.79. The van der Waals surface area contributed by atoms with E-state index in [-0.39, 0.29) is 0 Å². The molecule has 5 heteroatoms. The van der Waals surface area contributed by atoms with Crippen molar-refractivity contribution in [3.05, 3.63) is 34.4 Å². The molecule has 1 heterocycles. The van der Waals surface area contributed by atoms with Gasteiger partial charge in [-0.25, -0.2) is 4.98 Å². The second kappa shape index (κ2) is 4.84. The lowest BCUT2D eigenvalue weighted by Crippen LogP contribution is -1.94. The summed E-state index contributed by atoms with van der Waals surface area (Å²) in [7, 11) is 0. The molecule has 2 aromatic rings. The molecule has 0 spiro atoms. The highest BCUT2D eigenvalue weighted by Gasteiger charge is 2.04. The number of nitrogens with two attached hydrogens (primary N) is 1. The van der Waals surface area contributed by atoms with Crippen LogP contribution in [0, 0.1) is 0 Å². The van der Waals surface area contributed by atoms with Crippen molar-refractivity contribution in [2.45, 2.75) is 13.3 Å². The summed E-state index contributed by atoms with van der Waals surface area (Å²) in [5.74, 6) is 0. The molecule has 0 amide bonds. The second-order valence-electron chi connectivity index (χ2n) is 3.35. The first-order chi connectivity index (χ1) is 7.69. The van der Waals surface area contributed by atoms with Crippen LogP contribution in [0.4, 0.5) is 15.8 Å². The van der Waals surface area contributed by atoms with Crippen molar-refractivity contribution in [1.82, 2.24) is 4.98 Å². The Bertz CT molecular complexity index is 496. The number of aryl methyl sites for hydroxylation is 1. The van der Waals surface area contributed by atoms with E-state index in [2.05, 4.69) is 39.2 Å². The number of halogens is 1. The smallest absolute Gasteiger partial charge is 0.189 e. The molecule has 0 aliphatic heterocycles. The number of hydrogen-bond acceptors (Lipinski definition) is 4. The van der Waals surface area contributed by atoms with Crippen LogP contribution in [0.1, 0.15) is 12.5 Å². The molecule has 0 bridgehead atoms. The first-order valence-electron chi connectivity index (χ1n) is 4.96. The summed E-state index contributed by atoms with van der Waals surface area (Å²) < 4.78 is 1.09. The fourth-order valence-electron chi connectivity index (χ4n) is 1.44. The van der Waals surface area contributed by atoms with Crippen LogP contribution < -0.4 is 11.1 Å². The van der Waals surface area contributed by atoms with Crippen molar-refractivity contribution < 1.29 is 0 Å². The van der Waals surface area contributed by atoms with Gasteiger partial charge in [-0.3, -0.25) is 0 Å². The van der Waals surface area contributed by atoms with Crippen molar-refractivity contribution in [2.75, 3.05) is 11.1 Å². The van der Waals surface area contributed by atoms with Gasteiger partial charge in [0.25, 0.3) is 0 Å². The zero-order valence-corrected chi connectivity index (χ0v) is 11.2. The van der Waals surface area contributed by atoms with Crippen LogP contribution >= 0.6 is 27.3 Å². The van der Waals surface area contributed by atoms with Crippen LogP contribution in [0.25, 0.3) is 0 Å². The van der Waals surface area contributed by atoms with Gasteiger partial charge < -0.3 is 11.1 Å². The Labute approximate surface area is 107 Å². The molecular formula is C11H12BrN3S.